The van der Waals surface area contributed by atoms with E-state index in [2.05, 4.69) is 20.6 Å². The number of amides is 2. The monoisotopic (exact) mass is 411 g/mol. The summed E-state index contributed by atoms with van der Waals surface area (Å²) in [7, 11) is 0. The van der Waals surface area contributed by atoms with Crippen molar-refractivity contribution in [1.82, 2.24) is 9.97 Å². The maximum atomic E-state index is 12.6. The number of carbonyl (C=O) groups is 1. The van der Waals surface area contributed by atoms with E-state index >= 15 is 0 Å². The Bertz CT molecular complexity index is 1220. The average molecular weight is 411 g/mol. The largest absolute Gasteiger partial charge is 0.416 e. The lowest BCUT2D eigenvalue weighted by molar-refractivity contribution is -0.137. The first-order valence-corrected chi connectivity index (χ1v) is 8.88. The number of H-pyrrole nitrogens is 1. The molecule has 2 aromatic heterocycles. The normalized spacial score (nSPS) is 11.4. The molecule has 0 unspecified atom stereocenters. The minimum absolute atomic E-state index is 0.244. The number of nitrogens with zero attached hydrogens (tertiary/aromatic N) is 1. The number of pyridine rings is 1. The molecule has 30 heavy (non-hydrogen) atoms. The summed E-state index contributed by atoms with van der Waals surface area (Å²) in [4.78, 5) is 19.4. The van der Waals surface area contributed by atoms with Crippen LogP contribution in [-0.2, 0) is 6.18 Å². The van der Waals surface area contributed by atoms with Gasteiger partial charge in [0.2, 0.25) is 0 Å². The summed E-state index contributed by atoms with van der Waals surface area (Å²) in [5, 5.41) is 6.00. The zero-order valence-electron chi connectivity index (χ0n) is 15.4. The third-order valence-corrected chi connectivity index (χ3v) is 4.51. The summed E-state index contributed by atoms with van der Waals surface area (Å²) in [6.45, 7) is 0. The molecule has 0 fully saturated rings. The maximum Gasteiger partial charge on any atom is 0.416 e. The van der Waals surface area contributed by atoms with E-state index in [1.54, 1.807) is 18.5 Å². The molecule has 0 saturated heterocycles. The van der Waals surface area contributed by atoms with Gasteiger partial charge in [-0.05, 0) is 59.7 Å². The van der Waals surface area contributed by atoms with Crippen molar-refractivity contribution in [2.45, 2.75) is 6.18 Å². The molecule has 152 valence electrons. The Labute approximate surface area is 168 Å². The molecule has 0 aliphatic carbocycles. The van der Waals surface area contributed by atoms with Gasteiger partial charge < -0.3 is 21.4 Å². The highest BCUT2D eigenvalue weighted by Crippen LogP contribution is 2.31. The molecular formula is C21H16F3N5O. The first-order chi connectivity index (χ1) is 14.3. The van der Waals surface area contributed by atoms with Crippen molar-refractivity contribution in [1.29, 1.82) is 0 Å². The predicted molar refractivity (Wildman–Crippen MR) is 110 cm³/mol. The summed E-state index contributed by atoms with van der Waals surface area (Å²) >= 11 is 0. The molecule has 9 heteroatoms. The van der Waals surface area contributed by atoms with Crippen LogP contribution in [0.1, 0.15) is 5.56 Å². The SMILES string of the molecule is Nc1cc(-c2ccc3[nH]cc(NC(=O)Nc4ccc(C(F)(F)F)cc4)c3c2)ccn1. The fourth-order valence-corrected chi connectivity index (χ4v) is 3.06. The summed E-state index contributed by atoms with van der Waals surface area (Å²) in [6, 6.07) is 12.9. The standard InChI is InChI=1S/C21H16F3N5O/c22-21(23,24)14-2-4-15(5-3-14)28-20(30)29-18-11-27-17-6-1-12(9-16(17)18)13-7-8-26-19(25)10-13/h1-11,27H,(H2,25,26)(H2,28,29,30). The second-order valence-corrected chi connectivity index (χ2v) is 6.59. The number of nitrogen functional groups attached to an aromatic ring is 1. The van der Waals surface area contributed by atoms with Gasteiger partial charge in [-0.3, -0.25) is 0 Å². The van der Waals surface area contributed by atoms with E-state index in [9.17, 15) is 18.0 Å². The number of rotatable bonds is 3. The van der Waals surface area contributed by atoms with Gasteiger partial charge in [-0.15, -0.1) is 0 Å². The van der Waals surface area contributed by atoms with Crippen LogP contribution in [0.4, 0.5) is 35.2 Å². The van der Waals surface area contributed by atoms with Gasteiger partial charge in [0.25, 0.3) is 0 Å². The number of hydrogen-bond acceptors (Lipinski definition) is 3. The molecule has 0 radical (unpaired) electrons. The summed E-state index contributed by atoms with van der Waals surface area (Å²) in [6.07, 6.45) is -1.17. The molecule has 0 saturated carbocycles. The van der Waals surface area contributed by atoms with Gasteiger partial charge in [0.05, 0.1) is 11.3 Å². The highest BCUT2D eigenvalue weighted by molar-refractivity contribution is 6.06. The number of nitrogens with one attached hydrogen (secondary N) is 3. The van der Waals surface area contributed by atoms with E-state index in [1.807, 2.05) is 24.3 Å². The Morgan fingerprint density at radius 3 is 2.40 bits per heavy atom. The van der Waals surface area contributed by atoms with Crippen LogP contribution in [0.25, 0.3) is 22.0 Å². The maximum absolute atomic E-state index is 12.6. The van der Waals surface area contributed by atoms with Crippen LogP contribution in [0, 0.1) is 0 Å². The van der Waals surface area contributed by atoms with E-state index < -0.39 is 17.8 Å². The van der Waals surface area contributed by atoms with Gasteiger partial charge in [-0.25, -0.2) is 9.78 Å². The van der Waals surface area contributed by atoms with Crippen LogP contribution in [0.3, 0.4) is 0 Å². The topological polar surface area (TPSA) is 95.8 Å². The minimum Gasteiger partial charge on any atom is -0.384 e. The lowest BCUT2D eigenvalue weighted by Gasteiger charge is -2.10. The zero-order valence-corrected chi connectivity index (χ0v) is 15.4. The van der Waals surface area contributed by atoms with Crippen LogP contribution in [0.15, 0.2) is 67.0 Å². The number of aromatic amines is 1. The van der Waals surface area contributed by atoms with Crippen LogP contribution in [0.5, 0.6) is 0 Å². The van der Waals surface area contributed by atoms with Crippen LogP contribution >= 0.6 is 0 Å². The number of halogens is 3. The van der Waals surface area contributed by atoms with Crippen molar-refractivity contribution in [2.75, 3.05) is 16.4 Å². The van der Waals surface area contributed by atoms with Crippen molar-refractivity contribution < 1.29 is 18.0 Å². The second kappa shape index (κ2) is 7.43. The number of alkyl halides is 3. The number of anilines is 3. The second-order valence-electron chi connectivity index (χ2n) is 6.59. The van der Waals surface area contributed by atoms with Crippen LogP contribution in [-0.4, -0.2) is 16.0 Å². The van der Waals surface area contributed by atoms with Crippen molar-refractivity contribution >= 4 is 34.1 Å². The molecule has 0 spiro atoms. The van der Waals surface area contributed by atoms with Gasteiger partial charge in [-0.2, -0.15) is 13.2 Å². The highest BCUT2D eigenvalue weighted by atomic mass is 19.4. The van der Waals surface area contributed by atoms with Crippen LogP contribution in [0.2, 0.25) is 0 Å². The molecule has 0 aliphatic heterocycles. The number of nitrogens with two attached hydrogens (primary N) is 1. The molecule has 2 amide bonds. The number of benzene rings is 2. The summed E-state index contributed by atoms with van der Waals surface area (Å²) in [5.41, 5.74) is 8.32. The van der Waals surface area contributed by atoms with E-state index in [0.29, 0.717) is 11.5 Å². The van der Waals surface area contributed by atoms with Gasteiger partial charge >= 0.3 is 12.2 Å². The molecule has 4 aromatic rings. The third kappa shape index (κ3) is 4.04. The lowest BCUT2D eigenvalue weighted by atomic mass is 10.0. The zero-order chi connectivity index (χ0) is 21.3. The van der Waals surface area contributed by atoms with Gasteiger partial charge in [0.1, 0.15) is 5.82 Å². The average Bonchev–Trinajstić information content (AvgIpc) is 3.09. The van der Waals surface area contributed by atoms with E-state index in [4.69, 9.17) is 5.73 Å². The number of hydrogen-bond donors (Lipinski definition) is 4. The Hall–Kier alpha value is -4.01. The number of carbonyl (C=O) groups excluding carboxylic acids is 1. The third-order valence-electron chi connectivity index (χ3n) is 4.51. The fraction of sp³-hybridized carbons (Fsp3) is 0.0476. The van der Waals surface area contributed by atoms with Gasteiger partial charge in [0, 0.05) is 29.0 Å². The molecule has 4 rings (SSSR count). The van der Waals surface area contributed by atoms with E-state index in [1.165, 1.54) is 12.1 Å². The van der Waals surface area contributed by atoms with Crippen molar-refractivity contribution in [2.24, 2.45) is 0 Å². The van der Waals surface area contributed by atoms with Gasteiger partial charge in [-0.1, -0.05) is 6.07 Å². The molecule has 2 heterocycles. The fourth-order valence-electron chi connectivity index (χ4n) is 3.06. The smallest absolute Gasteiger partial charge is 0.384 e. The van der Waals surface area contributed by atoms with E-state index in [-0.39, 0.29) is 5.69 Å². The van der Waals surface area contributed by atoms with Crippen molar-refractivity contribution in [3.05, 3.63) is 72.6 Å². The minimum atomic E-state index is -4.43. The lowest BCUT2D eigenvalue weighted by Crippen LogP contribution is -2.19. The van der Waals surface area contributed by atoms with Gasteiger partial charge in [0.15, 0.2) is 0 Å². The molecule has 0 bridgehead atoms. The Morgan fingerprint density at radius 1 is 0.967 bits per heavy atom. The quantitative estimate of drug-likeness (QED) is 0.360. The Morgan fingerprint density at radius 2 is 1.70 bits per heavy atom. The molecule has 6 nitrogen and oxygen atoms in total. The first-order valence-electron chi connectivity index (χ1n) is 8.88. The summed E-state index contributed by atoms with van der Waals surface area (Å²) in [5.74, 6) is 0.399. The number of fused-ring (bicyclic) bond motifs is 1. The number of urea groups is 1. The predicted octanol–water partition coefficient (Wildman–Crippen LogP) is 5.47. The van der Waals surface area contributed by atoms with E-state index in [0.717, 1.165) is 34.2 Å². The molecule has 5 N–H and O–H groups in total. The van der Waals surface area contributed by atoms with Crippen LogP contribution < -0.4 is 16.4 Å². The molecule has 2 aromatic carbocycles. The molecular weight excluding hydrogens is 395 g/mol. The number of aromatic nitrogens is 2. The molecule has 0 atom stereocenters. The Balaban J connectivity index is 1.53. The summed E-state index contributed by atoms with van der Waals surface area (Å²) < 4.78 is 37.9. The van der Waals surface area contributed by atoms with Crippen molar-refractivity contribution in [3.63, 3.8) is 0 Å². The van der Waals surface area contributed by atoms with Crippen molar-refractivity contribution in [3.8, 4) is 11.1 Å². The molecule has 0 aliphatic rings. The Kier molecular flexibility index (Phi) is 4.78. The highest BCUT2D eigenvalue weighted by Gasteiger charge is 2.30. The first kappa shape index (κ1) is 19.3.